The summed E-state index contributed by atoms with van der Waals surface area (Å²) in [6, 6.07) is 5.98. The highest BCUT2D eigenvalue weighted by Gasteiger charge is 2.14. The summed E-state index contributed by atoms with van der Waals surface area (Å²) in [6.45, 7) is 0.409. The zero-order valence-corrected chi connectivity index (χ0v) is 10.3. The molecule has 0 saturated carbocycles. The van der Waals surface area contributed by atoms with Crippen LogP contribution in [-0.4, -0.2) is 39.1 Å². The van der Waals surface area contributed by atoms with Gasteiger partial charge in [0.05, 0.1) is 11.8 Å². The molecule has 0 bridgehead atoms. The number of rotatable bonds is 4. The predicted octanol–water partition coefficient (Wildman–Crippen LogP) is 1.38. The molecule has 1 amide bonds. The number of H-pyrrole nitrogens is 1. The molecule has 19 heavy (non-hydrogen) atoms. The first-order valence-electron chi connectivity index (χ1n) is 5.64. The van der Waals surface area contributed by atoms with Crippen molar-refractivity contribution in [3.8, 4) is 0 Å². The summed E-state index contributed by atoms with van der Waals surface area (Å²) in [5.74, 6) is -1.28. The molecule has 6 heteroatoms. The Balaban J connectivity index is 2.14. The van der Waals surface area contributed by atoms with Crippen molar-refractivity contribution in [1.29, 1.82) is 0 Å². The van der Waals surface area contributed by atoms with Gasteiger partial charge < -0.3 is 10.0 Å². The molecule has 1 aromatic heterocycles. The summed E-state index contributed by atoms with van der Waals surface area (Å²) >= 11 is 0. The normalized spacial score (nSPS) is 10.2. The maximum atomic E-state index is 12.1. The van der Waals surface area contributed by atoms with Crippen LogP contribution in [0.2, 0.25) is 0 Å². The molecular weight excluding hydrogens is 246 g/mol. The van der Waals surface area contributed by atoms with Crippen molar-refractivity contribution in [3.63, 3.8) is 0 Å². The van der Waals surface area contributed by atoms with E-state index in [1.807, 2.05) is 0 Å². The van der Waals surface area contributed by atoms with Crippen LogP contribution < -0.4 is 0 Å². The van der Waals surface area contributed by atoms with Gasteiger partial charge in [-0.15, -0.1) is 0 Å². The Kier molecular flexibility index (Phi) is 3.61. The monoisotopic (exact) mass is 259 g/mol. The highest BCUT2D eigenvalue weighted by Crippen LogP contribution is 2.10. The van der Waals surface area contributed by atoms with Gasteiger partial charge in [0.1, 0.15) is 0 Å². The average molecular weight is 259 g/mol. The lowest BCUT2D eigenvalue weighted by atomic mass is 10.1. The largest absolute Gasteiger partial charge is 0.478 e. The van der Waals surface area contributed by atoms with E-state index in [0.717, 1.165) is 5.56 Å². The Morgan fingerprint density at radius 1 is 1.37 bits per heavy atom. The first kappa shape index (κ1) is 12.8. The quantitative estimate of drug-likeness (QED) is 0.868. The lowest BCUT2D eigenvalue weighted by Crippen LogP contribution is -2.26. The molecular formula is C13H13N3O3. The fraction of sp³-hybridized carbons (Fsp3) is 0.154. The maximum absolute atomic E-state index is 12.1. The molecule has 0 aliphatic rings. The van der Waals surface area contributed by atoms with E-state index in [1.165, 1.54) is 17.0 Å². The van der Waals surface area contributed by atoms with Gasteiger partial charge in [-0.1, -0.05) is 6.07 Å². The minimum absolute atomic E-state index is 0.0996. The van der Waals surface area contributed by atoms with E-state index < -0.39 is 5.97 Å². The van der Waals surface area contributed by atoms with Gasteiger partial charge in [-0.25, -0.2) is 4.79 Å². The predicted molar refractivity (Wildman–Crippen MR) is 67.8 cm³/mol. The summed E-state index contributed by atoms with van der Waals surface area (Å²) in [4.78, 5) is 24.5. The van der Waals surface area contributed by atoms with Crippen LogP contribution in [-0.2, 0) is 6.54 Å². The van der Waals surface area contributed by atoms with E-state index in [9.17, 15) is 9.59 Å². The minimum Gasteiger partial charge on any atom is -0.478 e. The number of hydrogen-bond donors (Lipinski definition) is 2. The van der Waals surface area contributed by atoms with Gasteiger partial charge in [0.25, 0.3) is 5.91 Å². The molecule has 1 aromatic carbocycles. The van der Waals surface area contributed by atoms with Gasteiger partial charge in [0.2, 0.25) is 0 Å². The summed E-state index contributed by atoms with van der Waals surface area (Å²) < 4.78 is 0. The van der Waals surface area contributed by atoms with Crippen molar-refractivity contribution < 1.29 is 14.7 Å². The van der Waals surface area contributed by atoms with E-state index in [0.29, 0.717) is 12.1 Å². The number of hydrogen-bond acceptors (Lipinski definition) is 3. The number of amides is 1. The molecule has 0 atom stereocenters. The van der Waals surface area contributed by atoms with Gasteiger partial charge in [0, 0.05) is 30.9 Å². The number of carboxylic acids is 1. The lowest BCUT2D eigenvalue weighted by molar-refractivity contribution is 0.0697. The van der Waals surface area contributed by atoms with Crippen molar-refractivity contribution in [1.82, 2.24) is 15.1 Å². The van der Waals surface area contributed by atoms with Crippen molar-refractivity contribution in [3.05, 3.63) is 53.3 Å². The Labute approximate surface area is 109 Å². The third-order valence-corrected chi connectivity index (χ3v) is 2.68. The van der Waals surface area contributed by atoms with Gasteiger partial charge in [-0.2, -0.15) is 5.10 Å². The second-order valence-electron chi connectivity index (χ2n) is 4.15. The SMILES string of the molecule is CN(Cc1cn[nH]c1)C(=O)c1cccc(C(=O)O)c1. The molecule has 0 aliphatic heterocycles. The molecule has 0 spiro atoms. The summed E-state index contributed by atoms with van der Waals surface area (Å²) in [5, 5.41) is 15.4. The van der Waals surface area contributed by atoms with Crippen LogP contribution in [0.4, 0.5) is 0 Å². The molecule has 6 nitrogen and oxygen atoms in total. The number of carboxylic acid groups (broad SMARTS) is 1. The van der Waals surface area contributed by atoms with E-state index in [1.54, 1.807) is 31.6 Å². The Bertz CT molecular complexity index is 593. The van der Waals surface area contributed by atoms with Crippen LogP contribution in [0.15, 0.2) is 36.7 Å². The standard InChI is InChI=1S/C13H13N3O3/c1-16(8-9-6-14-15-7-9)12(17)10-3-2-4-11(5-10)13(18)19/h2-7H,8H2,1H3,(H,14,15)(H,18,19). The van der Waals surface area contributed by atoms with Crippen molar-refractivity contribution in [2.45, 2.75) is 6.54 Å². The Morgan fingerprint density at radius 2 is 2.11 bits per heavy atom. The number of aromatic carboxylic acids is 1. The van der Waals surface area contributed by atoms with Gasteiger partial charge in [-0.05, 0) is 18.2 Å². The van der Waals surface area contributed by atoms with Gasteiger partial charge in [-0.3, -0.25) is 9.89 Å². The molecule has 98 valence electrons. The Hall–Kier alpha value is -2.63. The lowest BCUT2D eigenvalue weighted by Gasteiger charge is -2.16. The molecule has 0 unspecified atom stereocenters. The van der Waals surface area contributed by atoms with E-state index >= 15 is 0 Å². The molecule has 2 aromatic rings. The first-order chi connectivity index (χ1) is 9.08. The fourth-order valence-electron chi connectivity index (χ4n) is 1.72. The highest BCUT2D eigenvalue weighted by atomic mass is 16.4. The number of carbonyl (C=O) groups is 2. The maximum Gasteiger partial charge on any atom is 0.335 e. The number of nitrogens with zero attached hydrogens (tertiary/aromatic N) is 2. The summed E-state index contributed by atoms with van der Waals surface area (Å²) in [7, 11) is 1.66. The molecule has 2 rings (SSSR count). The minimum atomic E-state index is -1.05. The molecule has 0 aliphatic carbocycles. The number of carbonyl (C=O) groups excluding carboxylic acids is 1. The molecule has 0 saturated heterocycles. The van der Waals surface area contributed by atoms with Crippen molar-refractivity contribution in [2.75, 3.05) is 7.05 Å². The van der Waals surface area contributed by atoms with Gasteiger partial charge >= 0.3 is 5.97 Å². The zero-order valence-electron chi connectivity index (χ0n) is 10.3. The van der Waals surface area contributed by atoms with E-state index in [2.05, 4.69) is 10.2 Å². The van der Waals surface area contributed by atoms with E-state index in [-0.39, 0.29) is 11.5 Å². The number of nitrogens with one attached hydrogen (secondary N) is 1. The highest BCUT2D eigenvalue weighted by molar-refractivity contribution is 5.97. The number of aromatic amines is 1. The Morgan fingerprint density at radius 3 is 2.74 bits per heavy atom. The van der Waals surface area contributed by atoms with Crippen LogP contribution in [0.5, 0.6) is 0 Å². The van der Waals surface area contributed by atoms with Crippen LogP contribution in [0.1, 0.15) is 26.3 Å². The zero-order chi connectivity index (χ0) is 13.8. The fourth-order valence-corrected chi connectivity index (χ4v) is 1.72. The van der Waals surface area contributed by atoms with Gasteiger partial charge in [0.15, 0.2) is 0 Å². The third-order valence-electron chi connectivity index (χ3n) is 2.68. The smallest absolute Gasteiger partial charge is 0.335 e. The number of benzene rings is 1. The third kappa shape index (κ3) is 2.98. The molecule has 2 N–H and O–H groups in total. The van der Waals surface area contributed by atoms with Crippen LogP contribution in [0.3, 0.4) is 0 Å². The molecule has 1 heterocycles. The second kappa shape index (κ2) is 5.34. The molecule has 0 fully saturated rings. The van der Waals surface area contributed by atoms with Crippen LogP contribution >= 0.6 is 0 Å². The molecule has 0 radical (unpaired) electrons. The summed E-state index contributed by atoms with van der Waals surface area (Å²) in [6.07, 6.45) is 3.34. The van der Waals surface area contributed by atoms with E-state index in [4.69, 9.17) is 5.11 Å². The average Bonchev–Trinajstić information content (AvgIpc) is 2.90. The summed E-state index contributed by atoms with van der Waals surface area (Å²) in [5.41, 5.74) is 1.33. The van der Waals surface area contributed by atoms with Crippen molar-refractivity contribution in [2.24, 2.45) is 0 Å². The first-order valence-corrected chi connectivity index (χ1v) is 5.64. The second-order valence-corrected chi connectivity index (χ2v) is 4.15. The van der Waals surface area contributed by atoms with Crippen LogP contribution in [0.25, 0.3) is 0 Å². The van der Waals surface area contributed by atoms with Crippen molar-refractivity contribution >= 4 is 11.9 Å². The number of aromatic nitrogens is 2. The van der Waals surface area contributed by atoms with Crippen LogP contribution in [0, 0.1) is 0 Å². The topological polar surface area (TPSA) is 86.3 Å².